The van der Waals surface area contributed by atoms with Crippen molar-refractivity contribution in [1.82, 2.24) is 15.3 Å². The van der Waals surface area contributed by atoms with E-state index in [4.69, 9.17) is 5.73 Å². The summed E-state index contributed by atoms with van der Waals surface area (Å²) in [4.78, 5) is 17.7. The maximum absolute atomic E-state index is 10.9. The van der Waals surface area contributed by atoms with E-state index in [2.05, 4.69) is 15.3 Å². The highest BCUT2D eigenvalue weighted by atomic mass is 16.1. The highest BCUT2D eigenvalue weighted by molar-refractivity contribution is 5.75. The van der Waals surface area contributed by atoms with E-state index >= 15 is 0 Å². The maximum atomic E-state index is 10.9. The number of carbonyl (C=O) groups is 1. The maximum Gasteiger partial charge on any atom is 0.221 e. The molecule has 0 aliphatic heterocycles. The van der Waals surface area contributed by atoms with E-state index in [9.17, 15) is 4.79 Å². The van der Waals surface area contributed by atoms with Gasteiger partial charge in [0.2, 0.25) is 5.91 Å². The molecule has 0 aliphatic carbocycles. The van der Waals surface area contributed by atoms with Crippen molar-refractivity contribution in [2.45, 2.75) is 13.0 Å². The Labute approximate surface area is 70.4 Å². The number of aromatic amines is 1. The second-order valence-electron chi connectivity index (χ2n) is 2.35. The molecule has 0 atom stereocenters. The lowest BCUT2D eigenvalue weighted by atomic mass is 10.4. The predicted molar refractivity (Wildman–Crippen MR) is 44.1 cm³/mol. The van der Waals surface area contributed by atoms with Gasteiger partial charge in [-0.3, -0.25) is 4.79 Å². The van der Waals surface area contributed by atoms with E-state index in [-0.39, 0.29) is 5.91 Å². The molecular weight excluding hydrogens is 156 g/mol. The summed E-state index contributed by atoms with van der Waals surface area (Å²) in [7, 11) is 0. The van der Waals surface area contributed by atoms with Gasteiger partial charge in [-0.05, 0) is 0 Å². The van der Waals surface area contributed by atoms with Crippen LogP contribution in [0.2, 0.25) is 0 Å². The number of aromatic nitrogens is 2. The summed E-state index contributed by atoms with van der Waals surface area (Å²) in [5, 5.41) is 2.67. The molecule has 0 unspecified atom stereocenters. The molecule has 0 saturated heterocycles. The van der Waals surface area contributed by atoms with Gasteiger partial charge in [-0.25, -0.2) is 4.98 Å². The first-order valence-electron chi connectivity index (χ1n) is 3.78. The molecule has 12 heavy (non-hydrogen) atoms. The minimum Gasteiger partial charge on any atom is -0.349 e. The van der Waals surface area contributed by atoms with E-state index < -0.39 is 0 Å². The van der Waals surface area contributed by atoms with Crippen LogP contribution in [0.3, 0.4) is 0 Å². The van der Waals surface area contributed by atoms with Crippen molar-refractivity contribution in [3.05, 3.63) is 18.2 Å². The third-order valence-electron chi connectivity index (χ3n) is 1.38. The molecule has 0 bridgehead atoms. The monoisotopic (exact) mass is 168 g/mol. The Balaban J connectivity index is 2.22. The van der Waals surface area contributed by atoms with Crippen molar-refractivity contribution in [2.24, 2.45) is 5.73 Å². The van der Waals surface area contributed by atoms with Gasteiger partial charge in [0.15, 0.2) is 0 Å². The van der Waals surface area contributed by atoms with Gasteiger partial charge >= 0.3 is 0 Å². The van der Waals surface area contributed by atoms with Gasteiger partial charge in [0.1, 0.15) is 5.82 Å². The highest BCUT2D eigenvalue weighted by Crippen LogP contribution is 1.86. The topological polar surface area (TPSA) is 83.8 Å². The molecule has 1 aromatic heterocycles. The molecule has 0 aliphatic rings. The lowest BCUT2D eigenvalue weighted by Crippen LogP contribution is -2.25. The number of carbonyl (C=O) groups excluding carboxylic acids is 1. The summed E-state index contributed by atoms with van der Waals surface area (Å²) in [6.07, 6.45) is 3.72. The molecular formula is C7H12N4O. The fourth-order valence-corrected chi connectivity index (χ4v) is 0.796. The van der Waals surface area contributed by atoms with E-state index in [1.807, 2.05) is 0 Å². The lowest BCUT2D eigenvalue weighted by molar-refractivity contribution is -0.121. The van der Waals surface area contributed by atoms with E-state index in [0.717, 1.165) is 5.82 Å². The fourth-order valence-electron chi connectivity index (χ4n) is 0.796. The summed E-state index contributed by atoms with van der Waals surface area (Å²) < 4.78 is 0. The van der Waals surface area contributed by atoms with Crippen LogP contribution >= 0.6 is 0 Å². The first-order valence-corrected chi connectivity index (χ1v) is 3.78. The van der Waals surface area contributed by atoms with Gasteiger partial charge in [0.25, 0.3) is 0 Å². The first kappa shape index (κ1) is 8.73. The zero-order valence-corrected chi connectivity index (χ0v) is 6.71. The van der Waals surface area contributed by atoms with E-state index in [0.29, 0.717) is 19.5 Å². The highest BCUT2D eigenvalue weighted by Gasteiger charge is 1.99. The SMILES string of the molecule is NCCC(=O)NCc1ncc[nH]1. The van der Waals surface area contributed by atoms with Crippen molar-refractivity contribution in [2.75, 3.05) is 6.54 Å². The molecule has 4 N–H and O–H groups in total. The standard InChI is InChI=1S/C7H12N4O/c8-2-1-7(12)11-5-6-9-3-4-10-6/h3-4H,1-2,5,8H2,(H,9,10)(H,11,12). The summed E-state index contributed by atoms with van der Waals surface area (Å²) in [6.45, 7) is 0.815. The predicted octanol–water partition coefficient (Wildman–Crippen LogP) is -0.625. The van der Waals surface area contributed by atoms with Gasteiger partial charge < -0.3 is 16.0 Å². The van der Waals surface area contributed by atoms with E-state index in [1.54, 1.807) is 12.4 Å². The number of rotatable bonds is 4. The third kappa shape index (κ3) is 2.71. The molecule has 1 amide bonds. The minimum absolute atomic E-state index is 0.0473. The van der Waals surface area contributed by atoms with Crippen LogP contribution < -0.4 is 11.1 Å². The number of nitrogens with one attached hydrogen (secondary N) is 2. The van der Waals surface area contributed by atoms with Gasteiger partial charge in [-0.15, -0.1) is 0 Å². The largest absolute Gasteiger partial charge is 0.349 e. The average Bonchev–Trinajstić information content (AvgIpc) is 2.53. The molecule has 0 fully saturated rings. The Bertz CT molecular complexity index is 232. The van der Waals surface area contributed by atoms with Crippen LogP contribution in [0.5, 0.6) is 0 Å². The number of H-pyrrole nitrogens is 1. The zero-order valence-electron chi connectivity index (χ0n) is 6.71. The third-order valence-corrected chi connectivity index (χ3v) is 1.38. The van der Waals surface area contributed by atoms with Gasteiger partial charge in [0, 0.05) is 25.4 Å². The molecule has 1 aromatic rings. The first-order chi connectivity index (χ1) is 5.83. The average molecular weight is 168 g/mol. The van der Waals surface area contributed by atoms with Crippen molar-refractivity contribution in [1.29, 1.82) is 0 Å². The minimum atomic E-state index is -0.0473. The van der Waals surface area contributed by atoms with Crippen LogP contribution in [0, 0.1) is 0 Å². The Kier molecular flexibility index (Phi) is 3.28. The second kappa shape index (κ2) is 4.50. The Hall–Kier alpha value is -1.36. The number of hydrogen-bond donors (Lipinski definition) is 3. The summed E-state index contributed by atoms with van der Waals surface area (Å²) in [5.41, 5.74) is 5.19. The van der Waals surface area contributed by atoms with Crippen LogP contribution in [0.15, 0.2) is 12.4 Å². The van der Waals surface area contributed by atoms with Gasteiger partial charge in [-0.1, -0.05) is 0 Å². The number of nitrogens with zero attached hydrogens (tertiary/aromatic N) is 1. The number of imidazole rings is 1. The molecule has 5 heteroatoms. The quantitative estimate of drug-likeness (QED) is 0.560. The van der Waals surface area contributed by atoms with Crippen LogP contribution in [0.4, 0.5) is 0 Å². The van der Waals surface area contributed by atoms with Crippen molar-refractivity contribution in [3.8, 4) is 0 Å². The van der Waals surface area contributed by atoms with Crippen molar-refractivity contribution >= 4 is 5.91 Å². The molecule has 0 aromatic carbocycles. The molecule has 0 saturated carbocycles. The number of amides is 1. The van der Waals surface area contributed by atoms with Crippen molar-refractivity contribution in [3.63, 3.8) is 0 Å². The van der Waals surface area contributed by atoms with Crippen LogP contribution in [-0.4, -0.2) is 22.4 Å². The Morgan fingerprint density at radius 2 is 2.58 bits per heavy atom. The zero-order chi connectivity index (χ0) is 8.81. The van der Waals surface area contributed by atoms with Crippen LogP contribution in [0.1, 0.15) is 12.2 Å². The van der Waals surface area contributed by atoms with Crippen LogP contribution in [0.25, 0.3) is 0 Å². The molecule has 0 spiro atoms. The summed E-state index contributed by atoms with van der Waals surface area (Å²) in [6, 6.07) is 0. The summed E-state index contributed by atoms with van der Waals surface area (Å²) in [5.74, 6) is 0.703. The summed E-state index contributed by atoms with van der Waals surface area (Å²) >= 11 is 0. The Morgan fingerprint density at radius 1 is 1.75 bits per heavy atom. The number of hydrogen-bond acceptors (Lipinski definition) is 3. The number of nitrogens with two attached hydrogens (primary N) is 1. The van der Waals surface area contributed by atoms with Crippen LogP contribution in [-0.2, 0) is 11.3 Å². The molecule has 1 rings (SSSR count). The van der Waals surface area contributed by atoms with Gasteiger partial charge in [0.05, 0.1) is 6.54 Å². The molecule has 5 nitrogen and oxygen atoms in total. The molecule has 1 heterocycles. The Morgan fingerprint density at radius 3 is 3.17 bits per heavy atom. The fraction of sp³-hybridized carbons (Fsp3) is 0.429. The lowest BCUT2D eigenvalue weighted by Gasteiger charge is -2.00. The smallest absolute Gasteiger partial charge is 0.221 e. The van der Waals surface area contributed by atoms with Gasteiger partial charge in [-0.2, -0.15) is 0 Å². The molecule has 0 radical (unpaired) electrons. The normalized spacial score (nSPS) is 9.75. The second-order valence-corrected chi connectivity index (χ2v) is 2.35. The molecule has 66 valence electrons. The van der Waals surface area contributed by atoms with E-state index in [1.165, 1.54) is 0 Å². The van der Waals surface area contributed by atoms with Crippen molar-refractivity contribution < 1.29 is 4.79 Å².